The number of carbonyl (C=O) groups is 2. The van der Waals surface area contributed by atoms with E-state index in [9.17, 15) is 14.7 Å². The number of benzene rings is 2. The molecule has 0 bridgehead atoms. The topological polar surface area (TPSA) is 59.3 Å². The first-order valence-electron chi connectivity index (χ1n) is 9.09. The van der Waals surface area contributed by atoms with Gasteiger partial charge in [0.05, 0.1) is 11.1 Å². The molecule has 0 aliphatic rings. The Morgan fingerprint density at radius 2 is 1.69 bits per heavy atom. The average Bonchev–Trinajstić information content (AvgIpc) is 3.03. The average molecular weight is 349 g/mol. The van der Waals surface area contributed by atoms with E-state index < -0.39 is 5.97 Å². The van der Waals surface area contributed by atoms with E-state index in [2.05, 4.69) is 13.0 Å². The van der Waals surface area contributed by atoms with Crippen LogP contribution in [0.2, 0.25) is 0 Å². The van der Waals surface area contributed by atoms with Crippen LogP contribution in [0, 0.1) is 0 Å². The maximum absolute atomic E-state index is 13.2. The van der Waals surface area contributed by atoms with E-state index in [4.69, 9.17) is 0 Å². The molecule has 3 rings (SSSR count). The van der Waals surface area contributed by atoms with Crippen LogP contribution in [0.25, 0.3) is 10.9 Å². The van der Waals surface area contributed by atoms with Crippen LogP contribution in [0.3, 0.4) is 0 Å². The maximum Gasteiger partial charge on any atom is 0.335 e. The molecule has 134 valence electrons. The number of nitrogens with zero attached hydrogens (tertiary/aromatic N) is 1. The largest absolute Gasteiger partial charge is 0.478 e. The fraction of sp³-hybridized carbons (Fsp3) is 0.273. The van der Waals surface area contributed by atoms with Gasteiger partial charge < -0.3 is 5.11 Å². The van der Waals surface area contributed by atoms with E-state index in [-0.39, 0.29) is 11.5 Å². The van der Waals surface area contributed by atoms with Gasteiger partial charge in [-0.25, -0.2) is 4.79 Å². The molecule has 0 amide bonds. The van der Waals surface area contributed by atoms with Crippen LogP contribution in [-0.4, -0.2) is 21.6 Å². The minimum absolute atomic E-state index is 0.122. The van der Waals surface area contributed by atoms with Gasteiger partial charge in [0.2, 0.25) is 0 Å². The molecule has 0 aliphatic heterocycles. The number of carboxylic acids is 1. The molecule has 0 fully saturated rings. The molecule has 1 aromatic heterocycles. The second kappa shape index (κ2) is 8.00. The number of aryl methyl sites for hydroxylation is 1. The summed E-state index contributed by atoms with van der Waals surface area (Å²) < 4.78 is 1.74. The zero-order chi connectivity index (χ0) is 18.5. The summed E-state index contributed by atoms with van der Waals surface area (Å²) in [6.07, 6.45) is 5.37. The van der Waals surface area contributed by atoms with Crippen LogP contribution in [0.15, 0.2) is 54.6 Å². The Bertz CT molecular complexity index is 939. The van der Waals surface area contributed by atoms with Gasteiger partial charge in [-0.1, -0.05) is 50.5 Å². The van der Waals surface area contributed by atoms with Crippen molar-refractivity contribution in [2.45, 2.75) is 39.0 Å². The third kappa shape index (κ3) is 3.69. The Morgan fingerprint density at radius 1 is 0.923 bits per heavy atom. The number of hydrogen-bond donors (Lipinski definition) is 1. The van der Waals surface area contributed by atoms with Crippen LogP contribution in [0.4, 0.5) is 0 Å². The zero-order valence-corrected chi connectivity index (χ0v) is 14.9. The molecule has 0 aliphatic carbocycles. The van der Waals surface area contributed by atoms with Gasteiger partial charge in [0.1, 0.15) is 0 Å². The van der Waals surface area contributed by atoms with Crippen molar-refractivity contribution in [2.75, 3.05) is 0 Å². The zero-order valence-electron chi connectivity index (χ0n) is 14.9. The van der Waals surface area contributed by atoms with Crippen LogP contribution in [0.1, 0.15) is 59.0 Å². The first-order valence-corrected chi connectivity index (χ1v) is 9.09. The molecule has 0 atom stereocenters. The standard InChI is InChI=1S/C22H23NO3/c1-2-3-4-5-12-19-15-16-9-6-7-13-20(16)23(19)21(24)17-10-8-11-18(14-17)22(25)26/h6-11,13-15H,2-5,12H2,1H3,(H,25,26). The summed E-state index contributed by atoms with van der Waals surface area (Å²) >= 11 is 0. The lowest BCUT2D eigenvalue weighted by molar-refractivity contribution is 0.0697. The van der Waals surface area contributed by atoms with E-state index in [1.165, 1.54) is 25.0 Å². The molecule has 1 N–H and O–H groups in total. The first kappa shape index (κ1) is 17.9. The monoisotopic (exact) mass is 349 g/mol. The third-order valence-electron chi connectivity index (χ3n) is 4.63. The minimum atomic E-state index is -1.03. The van der Waals surface area contributed by atoms with E-state index >= 15 is 0 Å². The van der Waals surface area contributed by atoms with Crippen molar-refractivity contribution in [3.63, 3.8) is 0 Å². The summed E-state index contributed by atoms with van der Waals surface area (Å²) in [5.41, 5.74) is 2.36. The van der Waals surface area contributed by atoms with Crippen molar-refractivity contribution < 1.29 is 14.7 Å². The number of para-hydroxylation sites is 1. The van der Waals surface area contributed by atoms with Crippen molar-refractivity contribution in [3.05, 3.63) is 71.4 Å². The van der Waals surface area contributed by atoms with Crippen LogP contribution in [-0.2, 0) is 6.42 Å². The molecule has 2 aromatic carbocycles. The van der Waals surface area contributed by atoms with Gasteiger partial charge in [0.15, 0.2) is 0 Å². The predicted molar refractivity (Wildman–Crippen MR) is 103 cm³/mol. The second-order valence-corrected chi connectivity index (χ2v) is 6.53. The number of hydrogen-bond acceptors (Lipinski definition) is 2. The summed E-state index contributed by atoms with van der Waals surface area (Å²) in [5, 5.41) is 10.2. The Kier molecular flexibility index (Phi) is 5.52. The number of rotatable bonds is 7. The first-order chi connectivity index (χ1) is 12.6. The van der Waals surface area contributed by atoms with E-state index in [0.717, 1.165) is 35.9 Å². The van der Waals surface area contributed by atoms with E-state index in [0.29, 0.717) is 5.56 Å². The fourth-order valence-corrected chi connectivity index (χ4v) is 3.28. The fourth-order valence-electron chi connectivity index (χ4n) is 3.28. The van der Waals surface area contributed by atoms with Crippen LogP contribution < -0.4 is 0 Å². The molecule has 0 radical (unpaired) electrons. The van der Waals surface area contributed by atoms with E-state index in [1.807, 2.05) is 24.3 Å². The number of unbranched alkanes of at least 4 members (excludes halogenated alkanes) is 3. The Morgan fingerprint density at radius 3 is 2.46 bits per heavy atom. The van der Waals surface area contributed by atoms with Gasteiger partial charge in [-0.3, -0.25) is 9.36 Å². The molecular weight excluding hydrogens is 326 g/mol. The van der Waals surface area contributed by atoms with Crippen molar-refractivity contribution in [2.24, 2.45) is 0 Å². The number of carbonyl (C=O) groups excluding carboxylic acids is 1. The molecule has 3 aromatic rings. The highest BCUT2D eigenvalue weighted by Gasteiger charge is 2.17. The quantitative estimate of drug-likeness (QED) is 0.600. The highest BCUT2D eigenvalue weighted by Crippen LogP contribution is 2.23. The summed E-state index contributed by atoms with van der Waals surface area (Å²) in [5.74, 6) is -1.21. The van der Waals surface area contributed by atoms with Gasteiger partial charge >= 0.3 is 5.97 Å². The smallest absolute Gasteiger partial charge is 0.335 e. The van der Waals surface area contributed by atoms with Crippen LogP contribution in [0.5, 0.6) is 0 Å². The lowest BCUT2D eigenvalue weighted by Gasteiger charge is -2.10. The van der Waals surface area contributed by atoms with Gasteiger partial charge in [-0.2, -0.15) is 0 Å². The molecule has 0 unspecified atom stereocenters. The second-order valence-electron chi connectivity index (χ2n) is 6.53. The molecule has 1 heterocycles. The number of carboxylic acid groups (broad SMARTS) is 1. The summed E-state index contributed by atoms with van der Waals surface area (Å²) in [6.45, 7) is 2.18. The summed E-state index contributed by atoms with van der Waals surface area (Å²) in [4.78, 5) is 24.4. The third-order valence-corrected chi connectivity index (χ3v) is 4.63. The lowest BCUT2D eigenvalue weighted by atomic mass is 10.1. The molecule has 4 heteroatoms. The minimum Gasteiger partial charge on any atom is -0.478 e. The summed E-state index contributed by atoms with van der Waals surface area (Å²) in [6, 6.07) is 16.1. The Labute approximate surface area is 153 Å². The van der Waals surface area contributed by atoms with Gasteiger partial charge in [0, 0.05) is 16.6 Å². The molecule has 4 nitrogen and oxygen atoms in total. The summed E-state index contributed by atoms with van der Waals surface area (Å²) in [7, 11) is 0. The normalized spacial score (nSPS) is 11.0. The number of fused-ring (bicyclic) bond motifs is 1. The van der Waals surface area contributed by atoms with E-state index in [1.54, 1.807) is 16.7 Å². The molecular formula is C22H23NO3. The lowest BCUT2D eigenvalue weighted by Crippen LogP contribution is -2.15. The van der Waals surface area contributed by atoms with Crippen LogP contribution >= 0.6 is 0 Å². The number of aromatic carboxylic acids is 1. The molecule has 0 saturated carbocycles. The van der Waals surface area contributed by atoms with Gasteiger partial charge in [-0.05, 0) is 43.2 Å². The highest BCUT2D eigenvalue weighted by atomic mass is 16.4. The van der Waals surface area contributed by atoms with Crippen molar-refractivity contribution in [1.29, 1.82) is 0 Å². The van der Waals surface area contributed by atoms with Gasteiger partial charge in [0.25, 0.3) is 5.91 Å². The van der Waals surface area contributed by atoms with Crippen molar-refractivity contribution in [3.8, 4) is 0 Å². The van der Waals surface area contributed by atoms with Crippen molar-refractivity contribution >= 4 is 22.8 Å². The van der Waals surface area contributed by atoms with Gasteiger partial charge in [-0.15, -0.1) is 0 Å². The van der Waals surface area contributed by atoms with Crippen molar-refractivity contribution in [1.82, 2.24) is 4.57 Å². The molecule has 0 saturated heterocycles. The number of aromatic nitrogens is 1. The predicted octanol–water partition coefficient (Wildman–Crippen LogP) is 5.15. The Hall–Kier alpha value is -2.88. The highest BCUT2D eigenvalue weighted by molar-refractivity contribution is 6.04. The maximum atomic E-state index is 13.2. The molecule has 0 spiro atoms. The Balaban J connectivity index is 2.00. The SMILES string of the molecule is CCCCCCc1cc2ccccc2n1C(=O)c1cccc(C(=O)O)c1. The molecule has 26 heavy (non-hydrogen) atoms.